The van der Waals surface area contributed by atoms with Crippen LogP contribution in [0.4, 0.5) is 8.78 Å². The number of aliphatic hydroxyl groups excluding tert-OH is 1. The molecule has 3 aromatic rings. The van der Waals surface area contributed by atoms with Gasteiger partial charge in [0, 0.05) is 17.7 Å². The van der Waals surface area contributed by atoms with Crippen LogP contribution < -0.4 is 0 Å². The minimum atomic E-state index is -0.795. The molecule has 4 rings (SSSR count). The Labute approximate surface area is 167 Å². The average Bonchev–Trinajstić information content (AvgIpc) is 2.95. The highest BCUT2D eigenvalue weighted by Crippen LogP contribution is 2.44. The van der Waals surface area contributed by atoms with Gasteiger partial charge in [0.15, 0.2) is 5.76 Å². The van der Waals surface area contributed by atoms with E-state index in [2.05, 4.69) is 0 Å². The molecule has 3 nitrogen and oxygen atoms in total. The normalized spacial score (nSPS) is 16.6. The summed E-state index contributed by atoms with van der Waals surface area (Å²) in [6.07, 6.45) is 0. The van der Waals surface area contributed by atoms with Gasteiger partial charge < -0.3 is 10.0 Å². The van der Waals surface area contributed by atoms with Crippen molar-refractivity contribution in [2.75, 3.05) is 0 Å². The number of hydrogen-bond acceptors (Lipinski definition) is 2. The van der Waals surface area contributed by atoms with Crippen molar-refractivity contribution in [2.24, 2.45) is 0 Å². The first-order valence-electron chi connectivity index (χ1n) is 9.25. The zero-order valence-corrected chi connectivity index (χ0v) is 15.8. The third kappa shape index (κ3) is 3.51. The van der Waals surface area contributed by atoms with Gasteiger partial charge in [-0.3, -0.25) is 4.79 Å². The molecular weight excluding hydrogens is 372 g/mol. The van der Waals surface area contributed by atoms with E-state index in [1.54, 1.807) is 30.3 Å². The summed E-state index contributed by atoms with van der Waals surface area (Å²) >= 11 is 0. The maximum atomic E-state index is 14.7. The molecule has 0 aromatic heterocycles. The molecule has 0 radical (unpaired) electrons. The van der Waals surface area contributed by atoms with Crippen molar-refractivity contribution in [3.63, 3.8) is 0 Å². The summed E-state index contributed by atoms with van der Waals surface area (Å²) in [5.74, 6) is -1.83. The Balaban J connectivity index is 1.83. The average molecular weight is 391 g/mol. The highest BCUT2D eigenvalue weighted by molar-refractivity contribution is 6.05. The van der Waals surface area contributed by atoms with E-state index in [1.807, 2.05) is 31.2 Å². The Bertz CT molecular complexity index is 1090. The lowest BCUT2D eigenvalue weighted by Crippen LogP contribution is -2.30. The van der Waals surface area contributed by atoms with Crippen LogP contribution in [0.2, 0.25) is 0 Å². The quantitative estimate of drug-likeness (QED) is 0.653. The maximum Gasteiger partial charge on any atom is 0.290 e. The van der Waals surface area contributed by atoms with E-state index in [-0.39, 0.29) is 12.4 Å². The Morgan fingerprint density at radius 1 is 0.931 bits per heavy atom. The number of hydrogen-bond donors (Lipinski definition) is 1. The highest BCUT2D eigenvalue weighted by atomic mass is 19.1. The van der Waals surface area contributed by atoms with Gasteiger partial charge >= 0.3 is 0 Å². The van der Waals surface area contributed by atoms with E-state index in [0.29, 0.717) is 22.3 Å². The van der Waals surface area contributed by atoms with E-state index < -0.39 is 23.5 Å². The van der Waals surface area contributed by atoms with Crippen molar-refractivity contribution < 1.29 is 18.7 Å². The third-order valence-corrected chi connectivity index (χ3v) is 5.13. The topological polar surface area (TPSA) is 40.5 Å². The van der Waals surface area contributed by atoms with Crippen LogP contribution in [-0.2, 0) is 11.3 Å². The van der Waals surface area contributed by atoms with Crippen molar-refractivity contribution in [2.45, 2.75) is 19.5 Å². The minimum Gasteiger partial charge on any atom is -0.503 e. The second-order valence-corrected chi connectivity index (χ2v) is 7.11. The van der Waals surface area contributed by atoms with E-state index >= 15 is 0 Å². The Morgan fingerprint density at radius 2 is 1.59 bits per heavy atom. The Kier molecular flexibility index (Phi) is 4.89. The first-order chi connectivity index (χ1) is 14.0. The SMILES string of the molecule is Cc1ccc(C2=C(O)C(=O)N(Cc3ccc(F)cc3)[C@@H]2c2ccccc2F)cc1. The molecule has 0 unspecified atom stereocenters. The van der Waals surface area contributed by atoms with E-state index in [1.165, 1.54) is 23.1 Å². The van der Waals surface area contributed by atoms with Gasteiger partial charge in [-0.05, 0) is 36.2 Å². The first-order valence-corrected chi connectivity index (χ1v) is 9.25. The minimum absolute atomic E-state index is 0.109. The number of carbonyl (C=O) groups excluding carboxylic acids is 1. The number of aliphatic hydroxyl groups is 1. The molecular formula is C24H19F2NO2. The summed E-state index contributed by atoms with van der Waals surface area (Å²) in [7, 11) is 0. The highest BCUT2D eigenvalue weighted by Gasteiger charge is 2.42. The zero-order chi connectivity index (χ0) is 20.5. The molecule has 5 heteroatoms. The van der Waals surface area contributed by atoms with Gasteiger partial charge in [0.2, 0.25) is 0 Å². The molecule has 1 amide bonds. The van der Waals surface area contributed by atoms with Crippen LogP contribution in [0.25, 0.3) is 5.57 Å². The number of benzene rings is 3. The second kappa shape index (κ2) is 7.51. The van der Waals surface area contributed by atoms with Crippen LogP contribution in [0.3, 0.4) is 0 Å². The monoisotopic (exact) mass is 391 g/mol. The van der Waals surface area contributed by atoms with Gasteiger partial charge in [-0.2, -0.15) is 0 Å². The summed E-state index contributed by atoms with van der Waals surface area (Å²) < 4.78 is 28.0. The zero-order valence-electron chi connectivity index (χ0n) is 15.8. The van der Waals surface area contributed by atoms with Crippen molar-refractivity contribution >= 4 is 11.5 Å². The molecule has 3 aromatic carbocycles. The standard InChI is InChI=1S/C24H19F2NO2/c1-15-6-10-17(11-7-15)21-22(19-4-2-3-5-20(19)26)27(24(29)23(21)28)14-16-8-12-18(25)13-9-16/h2-13,22,28H,14H2,1H3/t22-/m1/s1. The summed E-state index contributed by atoms with van der Waals surface area (Å²) in [4.78, 5) is 14.4. The molecule has 29 heavy (non-hydrogen) atoms. The van der Waals surface area contributed by atoms with Crippen LogP contribution in [0.15, 0.2) is 78.6 Å². The van der Waals surface area contributed by atoms with Gasteiger partial charge in [-0.15, -0.1) is 0 Å². The smallest absolute Gasteiger partial charge is 0.290 e. The van der Waals surface area contributed by atoms with Crippen molar-refractivity contribution in [3.8, 4) is 0 Å². The van der Waals surface area contributed by atoms with Crippen molar-refractivity contribution in [1.29, 1.82) is 0 Å². The maximum absolute atomic E-state index is 14.7. The van der Waals surface area contributed by atoms with E-state index in [4.69, 9.17) is 0 Å². The number of rotatable bonds is 4. The Hall–Kier alpha value is -3.47. The molecule has 0 spiro atoms. The molecule has 0 fully saturated rings. The van der Waals surface area contributed by atoms with Crippen molar-refractivity contribution in [3.05, 3.63) is 112 Å². The fraction of sp³-hybridized carbons (Fsp3) is 0.125. The van der Waals surface area contributed by atoms with E-state index in [9.17, 15) is 18.7 Å². The van der Waals surface area contributed by atoms with E-state index in [0.717, 1.165) is 5.56 Å². The van der Waals surface area contributed by atoms with Gasteiger partial charge in [0.25, 0.3) is 5.91 Å². The number of aryl methyl sites for hydroxylation is 1. The third-order valence-electron chi connectivity index (χ3n) is 5.13. The van der Waals surface area contributed by atoms with Gasteiger partial charge in [0.1, 0.15) is 11.6 Å². The molecule has 0 bridgehead atoms. The van der Waals surface area contributed by atoms with Crippen LogP contribution in [0, 0.1) is 18.6 Å². The predicted octanol–water partition coefficient (Wildman–Crippen LogP) is 5.33. The Morgan fingerprint density at radius 3 is 2.24 bits per heavy atom. The van der Waals surface area contributed by atoms with Crippen LogP contribution in [-0.4, -0.2) is 15.9 Å². The molecule has 0 aliphatic carbocycles. The summed E-state index contributed by atoms with van der Waals surface area (Å²) in [6, 6.07) is 18.5. The van der Waals surface area contributed by atoms with Crippen molar-refractivity contribution in [1.82, 2.24) is 4.90 Å². The van der Waals surface area contributed by atoms with Crippen LogP contribution in [0.5, 0.6) is 0 Å². The molecule has 1 aliphatic rings. The lowest BCUT2D eigenvalue weighted by Gasteiger charge is -2.28. The molecule has 1 heterocycles. The van der Waals surface area contributed by atoms with Gasteiger partial charge in [-0.1, -0.05) is 60.2 Å². The lowest BCUT2D eigenvalue weighted by atomic mass is 9.92. The molecule has 1 aliphatic heterocycles. The largest absolute Gasteiger partial charge is 0.503 e. The molecule has 1 N–H and O–H groups in total. The molecule has 1 atom stereocenters. The second-order valence-electron chi connectivity index (χ2n) is 7.11. The predicted molar refractivity (Wildman–Crippen MR) is 107 cm³/mol. The number of amides is 1. The fourth-order valence-corrected chi connectivity index (χ4v) is 3.65. The summed E-state index contributed by atoms with van der Waals surface area (Å²) in [5.41, 5.74) is 3.02. The lowest BCUT2D eigenvalue weighted by molar-refractivity contribution is -0.130. The number of nitrogens with zero attached hydrogens (tertiary/aromatic N) is 1. The van der Waals surface area contributed by atoms with Crippen LogP contribution >= 0.6 is 0 Å². The van der Waals surface area contributed by atoms with Crippen LogP contribution in [0.1, 0.15) is 28.3 Å². The van der Waals surface area contributed by atoms with Gasteiger partial charge in [0.05, 0.1) is 6.04 Å². The summed E-state index contributed by atoms with van der Waals surface area (Å²) in [5, 5.41) is 10.7. The number of halogens is 2. The molecule has 146 valence electrons. The fourth-order valence-electron chi connectivity index (χ4n) is 3.65. The first kappa shape index (κ1) is 18.9. The molecule has 0 saturated heterocycles. The summed E-state index contributed by atoms with van der Waals surface area (Å²) in [6.45, 7) is 2.05. The number of carbonyl (C=O) groups is 1. The van der Waals surface area contributed by atoms with Gasteiger partial charge in [-0.25, -0.2) is 8.78 Å². The molecule has 0 saturated carbocycles.